The summed E-state index contributed by atoms with van der Waals surface area (Å²) >= 11 is 0. The van der Waals surface area contributed by atoms with Gasteiger partial charge in [-0.05, 0) is 32.1 Å². The zero-order valence-corrected chi connectivity index (χ0v) is 10.7. The minimum atomic E-state index is 0.474. The molecule has 1 N–H and O–H groups in total. The normalized spacial score (nSPS) is 19.2. The molecule has 1 fully saturated rings. The van der Waals surface area contributed by atoms with Gasteiger partial charge >= 0.3 is 0 Å². The van der Waals surface area contributed by atoms with Crippen LogP contribution in [0.5, 0.6) is 0 Å². The third-order valence-electron chi connectivity index (χ3n) is 3.71. The fourth-order valence-electron chi connectivity index (χ4n) is 2.56. The van der Waals surface area contributed by atoms with Crippen LogP contribution < -0.4 is 5.32 Å². The van der Waals surface area contributed by atoms with Gasteiger partial charge in [0, 0.05) is 25.0 Å². The zero-order chi connectivity index (χ0) is 11.6. The van der Waals surface area contributed by atoms with Crippen molar-refractivity contribution in [1.29, 1.82) is 0 Å². The highest BCUT2D eigenvalue weighted by atomic mass is 15.2. The van der Waals surface area contributed by atoms with E-state index >= 15 is 0 Å². The molecule has 0 atom stereocenters. The molecule has 1 aliphatic rings. The van der Waals surface area contributed by atoms with Gasteiger partial charge in [-0.1, -0.05) is 19.8 Å². The van der Waals surface area contributed by atoms with Crippen LogP contribution in [0.15, 0.2) is 12.4 Å². The molecule has 0 unspecified atom stereocenters. The quantitative estimate of drug-likeness (QED) is 0.844. The van der Waals surface area contributed by atoms with Crippen LogP contribution >= 0.6 is 0 Å². The Labute approximate surface area is 98.3 Å². The molecule has 1 aromatic rings. The van der Waals surface area contributed by atoms with E-state index in [1.54, 1.807) is 0 Å². The number of anilines is 1. The summed E-state index contributed by atoms with van der Waals surface area (Å²) < 4.78 is 2.19. The van der Waals surface area contributed by atoms with Crippen LogP contribution in [-0.4, -0.2) is 16.1 Å². The van der Waals surface area contributed by atoms with E-state index in [1.807, 2.05) is 12.4 Å². The summed E-state index contributed by atoms with van der Waals surface area (Å²) in [6, 6.07) is 0.474. The smallest absolute Gasteiger partial charge is 0.203 e. The van der Waals surface area contributed by atoms with Crippen molar-refractivity contribution in [3.63, 3.8) is 0 Å². The topological polar surface area (TPSA) is 29.9 Å². The molecular formula is C13H23N3. The van der Waals surface area contributed by atoms with Crippen LogP contribution in [0.4, 0.5) is 5.95 Å². The average molecular weight is 221 g/mol. The van der Waals surface area contributed by atoms with Crippen LogP contribution in [-0.2, 0) is 0 Å². The first-order valence-corrected chi connectivity index (χ1v) is 6.37. The second kappa shape index (κ2) is 4.48. The SMILES string of the molecule is CC(C)n1ccnc1NCC1(C)CCCC1. The van der Waals surface area contributed by atoms with Gasteiger partial charge in [0.25, 0.3) is 0 Å². The Morgan fingerprint density at radius 3 is 2.75 bits per heavy atom. The van der Waals surface area contributed by atoms with E-state index in [0.29, 0.717) is 11.5 Å². The number of imidazole rings is 1. The van der Waals surface area contributed by atoms with Crippen molar-refractivity contribution in [1.82, 2.24) is 9.55 Å². The van der Waals surface area contributed by atoms with Crippen molar-refractivity contribution in [3.8, 4) is 0 Å². The van der Waals surface area contributed by atoms with Gasteiger partial charge in [-0.25, -0.2) is 4.98 Å². The summed E-state index contributed by atoms with van der Waals surface area (Å²) in [4.78, 5) is 4.38. The zero-order valence-electron chi connectivity index (χ0n) is 10.7. The molecular weight excluding hydrogens is 198 g/mol. The first-order chi connectivity index (χ1) is 7.61. The molecule has 0 aromatic carbocycles. The summed E-state index contributed by atoms with van der Waals surface area (Å²) in [6.45, 7) is 7.81. The van der Waals surface area contributed by atoms with Gasteiger partial charge in [-0.2, -0.15) is 0 Å². The third kappa shape index (κ3) is 2.39. The maximum Gasteiger partial charge on any atom is 0.203 e. The Bertz CT molecular complexity index is 335. The van der Waals surface area contributed by atoms with Gasteiger partial charge in [0.1, 0.15) is 0 Å². The fraction of sp³-hybridized carbons (Fsp3) is 0.769. The Balaban J connectivity index is 1.96. The van der Waals surface area contributed by atoms with E-state index in [4.69, 9.17) is 0 Å². The molecule has 0 spiro atoms. The highest BCUT2D eigenvalue weighted by Gasteiger charge is 2.28. The Morgan fingerprint density at radius 2 is 2.12 bits per heavy atom. The molecule has 1 heterocycles. The van der Waals surface area contributed by atoms with Crippen LogP contribution in [0.3, 0.4) is 0 Å². The molecule has 0 radical (unpaired) electrons. The van der Waals surface area contributed by atoms with E-state index in [1.165, 1.54) is 25.7 Å². The monoisotopic (exact) mass is 221 g/mol. The van der Waals surface area contributed by atoms with E-state index in [0.717, 1.165) is 12.5 Å². The van der Waals surface area contributed by atoms with Gasteiger partial charge in [0.2, 0.25) is 5.95 Å². The second-order valence-electron chi connectivity index (χ2n) is 5.62. The minimum absolute atomic E-state index is 0.474. The van der Waals surface area contributed by atoms with Crippen molar-refractivity contribution in [2.45, 2.75) is 52.5 Å². The number of nitrogens with zero attached hydrogens (tertiary/aromatic N) is 2. The van der Waals surface area contributed by atoms with Crippen molar-refractivity contribution in [2.24, 2.45) is 5.41 Å². The van der Waals surface area contributed by atoms with Crippen molar-refractivity contribution >= 4 is 5.95 Å². The lowest BCUT2D eigenvalue weighted by molar-refractivity contribution is 0.360. The van der Waals surface area contributed by atoms with Crippen LogP contribution in [0.1, 0.15) is 52.5 Å². The van der Waals surface area contributed by atoms with E-state index in [2.05, 4.69) is 35.6 Å². The molecule has 0 amide bonds. The maximum atomic E-state index is 4.38. The molecule has 0 aliphatic heterocycles. The largest absolute Gasteiger partial charge is 0.355 e. The summed E-state index contributed by atoms with van der Waals surface area (Å²) in [6.07, 6.45) is 9.39. The number of rotatable bonds is 4. The lowest BCUT2D eigenvalue weighted by atomic mass is 9.89. The molecule has 16 heavy (non-hydrogen) atoms. The standard InChI is InChI=1S/C13H23N3/c1-11(2)16-9-8-14-12(16)15-10-13(3)6-4-5-7-13/h8-9,11H,4-7,10H2,1-3H3,(H,14,15). The third-order valence-corrected chi connectivity index (χ3v) is 3.71. The average Bonchev–Trinajstić information content (AvgIpc) is 2.83. The van der Waals surface area contributed by atoms with E-state index in [9.17, 15) is 0 Å². The number of nitrogens with one attached hydrogen (secondary N) is 1. The summed E-state index contributed by atoms with van der Waals surface area (Å²) in [5.41, 5.74) is 0.480. The van der Waals surface area contributed by atoms with Gasteiger partial charge in [0.15, 0.2) is 0 Å². The van der Waals surface area contributed by atoms with Gasteiger partial charge in [0.05, 0.1) is 0 Å². The van der Waals surface area contributed by atoms with Crippen molar-refractivity contribution in [3.05, 3.63) is 12.4 Å². The molecule has 3 nitrogen and oxygen atoms in total. The summed E-state index contributed by atoms with van der Waals surface area (Å²) in [5.74, 6) is 1.02. The van der Waals surface area contributed by atoms with E-state index < -0.39 is 0 Å². The first-order valence-electron chi connectivity index (χ1n) is 6.37. The predicted molar refractivity (Wildman–Crippen MR) is 67.7 cm³/mol. The van der Waals surface area contributed by atoms with Crippen molar-refractivity contribution < 1.29 is 0 Å². The Morgan fingerprint density at radius 1 is 1.44 bits per heavy atom. The van der Waals surface area contributed by atoms with Crippen LogP contribution in [0.2, 0.25) is 0 Å². The lowest BCUT2D eigenvalue weighted by Crippen LogP contribution is -2.24. The molecule has 0 saturated heterocycles. The molecule has 1 aliphatic carbocycles. The van der Waals surface area contributed by atoms with Crippen molar-refractivity contribution in [2.75, 3.05) is 11.9 Å². The van der Waals surface area contributed by atoms with Gasteiger partial charge in [-0.3, -0.25) is 0 Å². The van der Waals surface area contributed by atoms with Gasteiger partial charge in [-0.15, -0.1) is 0 Å². The maximum absolute atomic E-state index is 4.38. The predicted octanol–water partition coefficient (Wildman–Crippen LogP) is 3.46. The number of aromatic nitrogens is 2. The van der Waals surface area contributed by atoms with Gasteiger partial charge < -0.3 is 9.88 Å². The Kier molecular flexibility index (Phi) is 3.22. The highest BCUT2D eigenvalue weighted by Crippen LogP contribution is 2.37. The van der Waals surface area contributed by atoms with Crippen LogP contribution in [0, 0.1) is 5.41 Å². The van der Waals surface area contributed by atoms with E-state index in [-0.39, 0.29) is 0 Å². The number of hydrogen-bond donors (Lipinski definition) is 1. The molecule has 0 bridgehead atoms. The number of hydrogen-bond acceptors (Lipinski definition) is 2. The Hall–Kier alpha value is -0.990. The second-order valence-corrected chi connectivity index (χ2v) is 5.62. The molecule has 90 valence electrons. The minimum Gasteiger partial charge on any atom is -0.355 e. The highest BCUT2D eigenvalue weighted by molar-refractivity contribution is 5.27. The summed E-state index contributed by atoms with van der Waals surface area (Å²) in [5, 5.41) is 3.51. The lowest BCUT2D eigenvalue weighted by Gasteiger charge is -2.24. The fourth-order valence-corrected chi connectivity index (χ4v) is 2.56. The van der Waals surface area contributed by atoms with Crippen LogP contribution in [0.25, 0.3) is 0 Å². The first kappa shape index (κ1) is 11.5. The molecule has 1 aromatic heterocycles. The molecule has 1 saturated carbocycles. The molecule has 3 heteroatoms. The molecule has 2 rings (SSSR count). The summed E-state index contributed by atoms with van der Waals surface area (Å²) in [7, 11) is 0.